The molecule has 0 aliphatic carbocycles. The fourth-order valence-electron chi connectivity index (χ4n) is 1.85. The first kappa shape index (κ1) is 16.0. The molecule has 1 aromatic carbocycles. The number of hydrazone groups is 1. The topological polar surface area (TPSA) is 139 Å². The van der Waals surface area contributed by atoms with E-state index in [2.05, 4.69) is 20.8 Å². The summed E-state index contributed by atoms with van der Waals surface area (Å²) in [5.41, 5.74) is 1.09. The number of benzene rings is 1. The maximum Gasteiger partial charge on any atom is 0.339 e. The van der Waals surface area contributed by atoms with Crippen molar-refractivity contribution in [3.05, 3.63) is 56.7 Å². The molecule has 0 atom stereocenters. The number of carbonyl (C=O) groups is 1. The molecule has 0 bridgehead atoms. The largest absolute Gasteiger partial charge is 0.494 e. The minimum Gasteiger partial charge on any atom is -0.494 e. The van der Waals surface area contributed by atoms with Crippen LogP contribution in [0.5, 0.6) is 5.88 Å². The van der Waals surface area contributed by atoms with E-state index in [0.717, 1.165) is 0 Å². The summed E-state index contributed by atoms with van der Waals surface area (Å²) in [7, 11) is 0. The molecule has 2 amide bonds. The normalized spacial score (nSPS) is 11.1. The Labute approximate surface area is 130 Å². The maximum atomic E-state index is 11.8. The number of nitrogens with zero attached hydrogens (tertiary/aromatic N) is 1. The average Bonchev–Trinajstić information content (AvgIpc) is 2.50. The number of anilines is 1. The third kappa shape index (κ3) is 4.06. The molecule has 0 unspecified atom stereocenters. The lowest BCUT2D eigenvalue weighted by molar-refractivity contribution is 0.252. The Morgan fingerprint density at radius 1 is 1.22 bits per heavy atom. The van der Waals surface area contributed by atoms with Crippen LogP contribution in [0, 0.1) is 0 Å². The first-order valence-corrected chi connectivity index (χ1v) is 6.75. The van der Waals surface area contributed by atoms with Crippen LogP contribution in [-0.4, -0.2) is 26.8 Å². The minimum absolute atomic E-state index is 0.114. The molecule has 9 heteroatoms. The third-order valence-corrected chi connectivity index (χ3v) is 2.87. The van der Waals surface area contributed by atoms with Gasteiger partial charge in [0.1, 0.15) is 5.56 Å². The number of urea groups is 1. The Kier molecular flexibility index (Phi) is 4.92. The van der Waals surface area contributed by atoms with Gasteiger partial charge >= 0.3 is 11.7 Å². The van der Waals surface area contributed by atoms with Gasteiger partial charge in [-0.05, 0) is 18.6 Å². The summed E-state index contributed by atoms with van der Waals surface area (Å²) in [6.45, 7) is 1.68. The number of para-hydroxylation sites is 1. The minimum atomic E-state index is -0.832. The van der Waals surface area contributed by atoms with E-state index in [1.807, 2.05) is 11.1 Å². The molecule has 0 saturated heterocycles. The smallest absolute Gasteiger partial charge is 0.339 e. The molecule has 1 heterocycles. The zero-order chi connectivity index (χ0) is 16.8. The van der Waals surface area contributed by atoms with Crippen LogP contribution in [-0.2, 0) is 0 Å². The van der Waals surface area contributed by atoms with Crippen molar-refractivity contribution >= 4 is 17.4 Å². The number of hydrogen-bond donors (Lipinski definition) is 5. The quantitative estimate of drug-likeness (QED) is 0.418. The van der Waals surface area contributed by atoms with Gasteiger partial charge in [-0.15, -0.1) is 0 Å². The maximum absolute atomic E-state index is 11.8. The second-order valence-corrected chi connectivity index (χ2v) is 4.48. The highest BCUT2D eigenvalue weighted by Gasteiger charge is 2.14. The van der Waals surface area contributed by atoms with Gasteiger partial charge in [0, 0.05) is 5.69 Å². The number of hydrogen-bond acceptors (Lipinski definition) is 5. The summed E-state index contributed by atoms with van der Waals surface area (Å²) >= 11 is 0. The van der Waals surface area contributed by atoms with E-state index in [0.29, 0.717) is 5.69 Å². The second-order valence-electron chi connectivity index (χ2n) is 4.48. The van der Waals surface area contributed by atoms with Gasteiger partial charge in [0.25, 0.3) is 5.56 Å². The molecule has 5 N–H and O–H groups in total. The molecule has 2 rings (SSSR count). The van der Waals surface area contributed by atoms with Crippen molar-refractivity contribution < 1.29 is 9.90 Å². The molecule has 23 heavy (non-hydrogen) atoms. The van der Waals surface area contributed by atoms with Crippen LogP contribution >= 0.6 is 0 Å². The standard InChI is InChI=1S/C14H15N5O4/c1-2-9(10-11(20)16-13(22)17-12(10)21)18-19-14(23)15-8-6-4-3-5-7-8/h3-7H,2H2,1H3,(H2,15,19,23)(H3,16,17,20,21,22)/b18-9+. The molecule has 0 radical (unpaired) electrons. The summed E-state index contributed by atoms with van der Waals surface area (Å²) in [4.78, 5) is 38.6. The van der Waals surface area contributed by atoms with Crippen LogP contribution < -0.4 is 22.0 Å². The highest BCUT2D eigenvalue weighted by Crippen LogP contribution is 2.09. The van der Waals surface area contributed by atoms with Gasteiger partial charge < -0.3 is 10.4 Å². The first-order valence-electron chi connectivity index (χ1n) is 6.75. The van der Waals surface area contributed by atoms with Crippen molar-refractivity contribution in [3.8, 4) is 5.88 Å². The van der Waals surface area contributed by atoms with Crippen molar-refractivity contribution in [2.45, 2.75) is 13.3 Å². The molecule has 0 saturated carbocycles. The second kappa shape index (κ2) is 7.07. The number of amides is 2. The van der Waals surface area contributed by atoms with Crippen LogP contribution in [0.3, 0.4) is 0 Å². The van der Waals surface area contributed by atoms with Crippen molar-refractivity contribution in [1.29, 1.82) is 0 Å². The fraction of sp³-hybridized carbons (Fsp3) is 0.143. The highest BCUT2D eigenvalue weighted by molar-refractivity contribution is 6.02. The van der Waals surface area contributed by atoms with Crippen LogP contribution in [0.25, 0.3) is 0 Å². The number of aromatic amines is 2. The number of carbonyl (C=O) groups excluding carboxylic acids is 1. The van der Waals surface area contributed by atoms with E-state index in [9.17, 15) is 19.5 Å². The third-order valence-electron chi connectivity index (χ3n) is 2.87. The molecular weight excluding hydrogens is 302 g/mol. The van der Waals surface area contributed by atoms with E-state index in [1.165, 1.54) is 0 Å². The predicted molar refractivity (Wildman–Crippen MR) is 84.8 cm³/mol. The van der Waals surface area contributed by atoms with E-state index < -0.39 is 23.2 Å². The van der Waals surface area contributed by atoms with Gasteiger partial charge in [0.15, 0.2) is 0 Å². The molecule has 9 nitrogen and oxygen atoms in total. The predicted octanol–water partition coefficient (Wildman–Crippen LogP) is 0.705. The van der Waals surface area contributed by atoms with Crippen LogP contribution in [0.1, 0.15) is 18.9 Å². The lowest BCUT2D eigenvalue weighted by Crippen LogP contribution is -2.30. The number of nitrogens with one attached hydrogen (secondary N) is 4. The SMILES string of the molecule is CC/C(=N\NC(=O)Nc1ccccc1)c1c(O)[nH]c(=O)[nH]c1=O. The Morgan fingerprint density at radius 2 is 1.91 bits per heavy atom. The van der Waals surface area contributed by atoms with Crippen molar-refractivity contribution in [2.75, 3.05) is 5.32 Å². The van der Waals surface area contributed by atoms with Gasteiger partial charge in [0.05, 0.1) is 5.71 Å². The van der Waals surface area contributed by atoms with Gasteiger partial charge in [-0.25, -0.2) is 15.0 Å². The Morgan fingerprint density at radius 3 is 2.52 bits per heavy atom. The van der Waals surface area contributed by atoms with E-state index in [-0.39, 0.29) is 17.7 Å². The summed E-state index contributed by atoms with van der Waals surface area (Å²) in [6, 6.07) is 8.11. The van der Waals surface area contributed by atoms with Crippen LogP contribution in [0.2, 0.25) is 0 Å². The summed E-state index contributed by atoms with van der Waals surface area (Å²) < 4.78 is 0. The molecule has 2 aromatic rings. The van der Waals surface area contributed by atoms with E-state index in [1.54, 1.807) is 31.2 Å². The molecule has 0 spiro atoms. The van der Waals surface area contributed by atoms with E-state index in [4.69, 9.17) is 0 Å². The fourth-order valence-corrected chi connectivity index (χ4v) is 1.85. The van der Waals surface area contributed by atoms with E-state index >= 15 is 0 Å². The summed E-state index contributed by atoms with van der Waals surface area (Å²) in [6.07, 6.45) is 0.244. The van der Waals surface area contributed by atoms with Gasteiger partial charge in [-0.3, -0.25) is 14.8 Å². The van der Waals surface area contributed by atoms with Gasteiger partial charge in [-0.1, -0.05) is 25.1 Å². The summed E-state index contributed by atoms with van der Waals surface area (Å²) in [5, 5.41) is 16.0. The molecule has 120 valence electrons. The molecule has 0 aliphatic heterocycles. The monoisotopic (exact) mass is 317 g/mol. The Bertz CT molecular complexity index is 838. The molecule has 0 aliphatic rings. The Balaban J connectivity index is 2.18. The molecule has 1 aromatic heterocycles. The Hall–Kier alpha value is -3.36. The zero-order valence-corrected chi connectivity index (χ0v) is 12.2. The summed E-state index contributed by atoms with van der Waals surface area (Å²) in [5.74, 6) is -0.607. The van der Waals surface area contributed by atoms with Crippen LogP contribution in [0.15, 0.2) is 45.0 Å². The first-order chi connectivity index (χ1) is 11.0. The van der Waals surface area contributed by atoms with Crippen molar-refractivity contribution in [1.82, 2.24) is 15.4 Å². The number of rotatable bonds is 4. The number of H-pyrrole nitrogens is 2. The van der Waals surface area contributed by atoms with Gasteiger partial charge in [-0.2, -0.15) is 5.10 Å². The number of aromatic hydroxyl groups is 1. The molecule has 0 fully saturated rings. The lowest BCUT2D eigenvalue weighted by Gasteiger charge is -2.07. The van der Waals surface area contributed by atoms with Crippen LogP contribution in [0.4, 0.5) is 10.5 Å². The highest BCUT2D eigenvalue weighted by atomic mass is 16.3. The average molecular weight is 317 g/mol. The molecular formula is C14H15N5O4. The zero-order valence-electron chi connectivity index (χ0n) is 12.2. The van der Waals surface area contributed by atoms with Crippen molar-refractivity contribution in [2.24, 2.45) is 5.10 Å². The number of aromatic nitrogens is 2. The van der Waals surface area contributed by atoms with Crippen molar-refractivity contribution in [3.63, 3.8) is 0 Å². The van der Waals surface area contributed by atoms with Gasteiger partial charge in [0.2, 0.25) is 5.88 Å². The lowest BCUT2D eigenvalue weighted by atomic mass is 10.1.